The fourth-order valence-electron chi connectivity index (χ4n) is 0.879. The van der Waals surface area contributed by atoms with Crippen LogP contribution >= 0.6 is 0 Å². The zero-order valence-corrected chi connectivity index (χ0v) is 4.97. The molecular weight excluding hydrogens is 100 g/mol. The number of rotatable bonds is 2. The van der Waals surface area contributed by atoms with Gasteiger partial charge in [0.05, 0.1) is 6.61 Å². The van der Waals surface area contributed by atoms with Gasteiger partial charge in [0.1, 0.15) is 0 Å². The third-order valence-corrected chi connectivity index (χ3v) is 1.36. The molecule has 0 aromatic carbocycles. The molecule has 0 saturated carbocycles. The maximum atomic E-state index is 5.04. The van der Waals surface area contributed by atoms with Crippen LogP contribution in [0.5, 0.6) is 0 Å². The molecule has 1 unspecified atom stereocenters. The predicted molar refractivity (Wildman–Crippen MR) is 33.2 cm³/mol. The quantitative estimate of drug-likeness (QED) is 0.493. The first-order valence-electron chi connectivity index (χ1n) is 2.99. The number of ether oxygens (including phenoxy) is 1. The summed E-state index contributed by atoms with van der Waals surface area (Å²) >= 11 is 0. The van der Waals surface area contributed by atoms with E-state index in [2.05, 4.69) is 6.58 Å². The second kappa shape index (κ2) is 2.88. The highest BCUT2D eigenvalue weighted by Crippen LogP contribution is 2.19. The first-order chi connectivity index (χ1) is 3.93. The zero-order valence-electron chi connectivity index (χ0n) is 4.97. The van der Waals surface area contributed by atoms with E-state index in [1.165, 1.54) is 6.42 Å². The first kappa shape index (κ1) is 5.83. The number of allylic oxidation sites excluding steroid dienone is 1. The second-order valence-corrected chi connectivity index (χ2v) is 2.08. The van der Waals surface area contributed by atoms with Crippen LogP contribution in [0.15, 0.2) is 12.7 Å². The van der Waals surface area contributed by atoms with E-state index < -0.39 is 0 Å². The Balaban J connectivity index is 2.14. The van der Waals surface area contributed by atoms with Gasteiger partial charge in [-0.05, 0) is 18.8 Å². The van der Waals surface area contributed by atoms with E-state index in [0.717, 1.165) is 13.0 Å². The van der Waals surface area contributed by atoms with Gasteiger partial charge >= 0.3 is 0 Å². The van der Waals surface area contributed by atoms with Crippen LogP contribution in [-0.2, 0) is 4.74 Å². The van der Waals surface area contributed by atoms with Crippen LogP contribution in [0.4, 0.5) is 0 Å². The van der Waals surface area contributed by atoms with E-state index in [4.69, 9.17) is 4.74 Å². The lowest BCUT2D eigenvalue weighted by molar-refractivity contribution is 0.249. The Morgan fingerprint density at radius 1 is 1.88 bits per heavy atom. The van der Waals surface area contributed by atoms with Gasteiger partial charge in [-0.15, -0.1) is 6.58 Å². The molecule has 1 saturated heterocycles. The molecule has 0 amide bonds. The highest BCUT2D eigenvalue weighted by atomic mass is 16.5. The van der Waals surface area contributed by atoms with Gasteiger partial charge in [-0.1, -0.05) is 6.08 Å². The fourth-order valence-corrected chi connectivity index (χ4v) is 0.879. The van der Waals surface area contributed by atoms with Crippen molar-refractivity contribution >= 4 is 0 Å². The molecule has 1 radical (unpaired) electrons. The van der Waals surface area contributed by atoms with Crippen LogP contribution in [-0.4, -0.2) is 6.61 Å². The predicted octanol–water partition coefficient (Wildman–Crippen LogP) is 1.76. The largest absolute Gasteiger partial charge is 0.375 e. The van der Waals surface area contributed by atoms with Crippen molar-refractivity contribution in [2.45, 2.75) is 12.8 Å². The molecule has 0 aromatic heterocycles. The topological polar surface area (TPSA) is 9.23 Å². The summed E-state index contributed by atoms with van der Waals surface area (Å²) in [4.78, 5) is 0. The standard InChI is InChI=1S/C7H11O/c1-2-3-7-4-5-8-6-7/h2,6-7H,1,3-5H2. The van der Waals surface area contributed by atoms with Crippen molar-refractivity contribution in [3.63, 3.8) is 0 Å². The van der Waals surface area contributed by atoms with Crippen LogP contribution in [0, 0.1) is 12.5 Å². The molecule has 1 heteroatoms. The molecular formula is C7H11O. The smallest absolute Gasteiger partial charge is 0.0871 e. The van der Waals surface area contributed by atoms with E-state index in [1.807, 2.05) is 12.7 Å². The minimum atomic E-state index is 0.646. The average molecular weight is 111 g/mol. The van der Waals surface area contributed by atoms with Crippen molar-refractivity contribution in [1.82, 2.24) is 0 Å². The molecule has 1 aliphatic heterocycles. The Morgan fingerprint density at radius 3 is 3.25 bits per heavy atom. The summed E-state index contributed by atoms with van der Waals surface area (Å²) in [6.07, 6.45) is 4.18. The molecule has 1 rings (SSSR count). The van der Waals surface area contributed by atoms with Gasteiger partial charge in [0.2, 0.25) is 0 Å². The van der Waals surface area contributed by atoms with Crippen LogP contribution in [0.3, 0.4) is 0 Å². The van der Waals surface area contributed by atoms with E-state index in [-0.39, 0.29) is 0 Å². The molecule has 45 valence electrons. The molecule has 0 aromatic rings. The molecule has 0 spiro atoms. The molecule has 1 fully saturated rings. The molecule has 1 aliphatic rings. The van der Waals surface area contributed by atoms with Crippen LogP contribution in [0.2, 0.25) is 0 Å². The fraction of sp³-hybridized carbons (Fsp3) is 0.571. The Labute approximate surface area is 50.3 Å². The van der Waals surface area contributed by atoms with Gasteiger partial charge in [-0.25, -0.2) is 0 Å². The molecule has 1 heterocycles. The number of hydrogen-bond donors (Lipinski definition) is 0. The molecule has 1 atom stereocenters. The third-order valence-electron chi connectivity index (χ3n) is 1.36. The SMILES string of the molecule is C=CCC1[CH]OCC1. The Bertz CT molecular complexity index is 72.5. The van der Waals surface area contributed by atoms with Crippen molar-refractivity contribution in [3.8, 4) is 0 Å². The van der Waals surface area contributed by atoms with Crippen molar-refractivity contribution in [3.05, 3.63) is 19.3 Å². The summed E-state index contributed by atoms with van der Waals surface area (Å²) in [6, 6.07) is 0. The first-order valence-corrected chi connectivity index (χ1v) is 2.99. The molecule has 0 aliphatic carbocycles. The van der Waals surface area contributed by atoms with Crippen molar-refractivity contribution in [2.24, 2.45) is 5.92 Å². The van der Waals surface area contributed by atoms with E-state index >= 15 is 0 Å². The van der Waals surface area contributed by atoms with Crippen molar-refractivity contribution in [2.75, 3.05) is 6.61 Å². The normalized spacial score (nSPS) is 28.2. The maximum absolute atomic E-state index is 5.04. The highest BCUT2D eigenvalue weighted by molar-refractivity contribution is 4.81. The van der Waals surface area contributed by atoms with Gasteiger partial charge in [-0.2, -0.15) is 0 Å². The summed E-state index contributed by atoms with van der Waals surface area (Å²) in [7, 11) is 0. The molecule has 0 N–H and O–H groups in total. The summed E-state index contributed by atoms with van der Waals surface area (Å²) in [5.41, 5.74) is 0. The van der Waals surface area contributed by atoms with Crippen LogP contribution < -0.4 is 0 Å². The van der Waals surface area contributed by atoms with Gasteiger partial charge in [0, 0.05) is 6.61 Å². The lowest BCUT2D eigenvalue weighted by Gasteiger charge is -1.98. The summed E-state index contributed by atoms with van der Waals surface area (Å²) in [5, 5.41) is 0. The summed E-state index contributed by atoms with van der Waals surface area (Å²) in [5.74, 6) is 0.646. The van der Waals surface area contributed by atoms with Gasteiger partial charge in [0.25, 0.3) is 0 Å². The van der Waals surface area contributed by atoms with E-state index in [9.17, 15) is 0 Å². The lowest BCUT2D eigenvalue weighted by Crippen LogP contribution is -1.89. The number of hydrogen-bond acceptors (Lipinski definition) is 1. The van der Waals surface area contributed by atoms with Crippen molar-refractivity contribution in [1.29, 1.82) is 0 Å². The molecule has 8 heavy (non-hydrogen) atoms. The monoisotopic (exact) mass is 111 g/mol. The Morgan fingerprint density at radius 2 is 2.75 bits per heavy atom. The van der Waals surface area contributed by atoms with Gasteiger partial charge in [0.15, 0.2) is 0 Å². The van der Waals surface area contributed by atoms with E-state index in [0.29, 0.717) is 5.92 Å². The van der Waals surface area contributed by atoms with E-state index in [1.54, 1.807) is 0 Å². The second-order valence-electron chi connectivity index (χ2n) is 2.08. The highest BCUT2D eigenvalue weighted by Gasteiger charge is 2.13. The molecule has 1 nitrogen and oxygen atoms in total. The molecule has 0 bridgehead atoms. The minimum Gasteiger partial charge on any atom is -0.375 e. The zero-order chi connectivity index (χ0) is 5.82. The summed E-state index contributed by atoms with van der Waals surface area (Å²) in [6.45, 7) is 6.47. The average Bonchev–Trinajstić information content (AvgIpc) is 2.19. The Kier molecular flexibility index (Phi) is 2.10. The summed E-state index contributed by atoms with van der Waals surface area (Å²) < 4.78 is 5.04. The minimum absolute atomic E-state index is 0.646. The Hall–Kier alpha value is -0.300. The van der Waals surface area contributed by atoms with Gasteiger partial charge in [-0.3, -0.25) is 0 Å². The lowest BCUT2D eigenvalue weighted by atomic mass is 10.1. The van der Waals surface area contributed by atoms with Gasteiger partial charge < -0.3 is 4.74 Å². The third kappa shape index (κ3) is 1.34. The van der Waals surface area contributed by atoms with Crippen LogP contribution in [0.1, 0.15) is 12.8 Å². The van der Waals surface area contributed by atoms with Crippen molar-refractivity contribution < 1.29 is 4.74 Å². The van der Waals surface area contributed by atoms with Crippen LogP contribution in [0.25, 0.3) is 0 Å². The maximum Gasteiger partial charge on any atom is 0.0871 e.